The molecule has 1 heteroatoms. The molecule has 0 saturated carbocycles. The molecule has 0 bridgehead atoms. The van der Waals surface area contributed by atoms with E-state index in [9.17, 15) is 4.79 Å². The molecule has 0 heterocycles. The molecule has 0 rings (SSSR count). The molecule has 1 nitrogen and oxygen atoms in total. The first-order chi connectivity index (χ1) is 4.39. The Balaban J connectivity index is 4.09. The van der Waals surface area contributed by atoms with Gasteiger partial charge in [0.15, 0.2) is 0 Å². The molecule has 0 aromatic heterocycles. The summed E-state index contributed by atoms with van der Waals surface area (Å²) < 4.78 is 0. The summed E-state index contributed by atoms with van der Waals surface area (Å²) in [4.78, 5) is 11.4. The summed E-state index contributed by atoms with van der Waals surface area (Å²) in [5.74, 6) is 0.593. The summed E-state index contributed by atoms with van der Waals surface area (Å²) in [7, 11) is 0. The molecule has 10 heavy (non-hydrogen) atoms. The second kappa shape index (κ2) is 3.18. The highest BCUT2D eigenvalue weighted by atomic mass is 16.1. The van der Waals surface area contributed by atoms with E-state index in [0.717, 1.165) is 6.42 Å². The van der Waals surface area contributed by atoms with Gasteiger partial charge >= 0.3 is 0 Å². The second-order valence-corrected chi connectivity index (χ2v) is 3.92. The van der Waals surface area contributed by atoms with Crippen LogP contribution in [0, 0.1) is 11.3 Å². The molecule has 0 aromatic carbocycles. The third-order valence-electron chi connectivity index (χ3n) is 1.80. The maximum atomic E-state index is 11.4. The molecule has 0 spiro atoms. The predicted octanol–water partition coefficient (Wildman–Crippen LogP) is 2.65. The van der Waals surface area contributed by atoms with E-state index in [1.165, 1.54) is 0 Å². The van der Waals surface area contributed by atoms with Crippen LogP contribution in [-0.2, 0) is 4.79 Å². The minimum atomic E-state index is -0.157. The molecule has 60 valence electrons. The Morgan fingerprint density at radius 3 is 1.90 bits per heavy atom. The van der Waals surface area contributed by atoms with Gasteiger partial charge in [-0.15, -0.1) is 0 Å². The van der Waals surface area contributed by atoms with Gasteiger partial charge in [0.05, 0.1) is 0 Å². The lowest BCUT2D eigenvalue weighted by molar-refractivity contribution is -0.129. The summed E-state index contributed by atoms with van der Waals surface area (Å²) in [6.45, 7) is 9.96. The van der Waals surface area contributed by atoms with E-state index >= 15 is 0 Å². The smallest absolute Gasteiger partial charge is 0.140 e. The average Bonchev–Trinajstić information content (AvgIpc) is 1.83. The quantitative estimate of drug-likeness (QED) is 0.579. The van der Waals surface area contributed by atoms with Crippen molar-refractivity contribution < 1.29 is 4.79 Å². The summed E-state index contributed by atoms with van der Waals surface area (Å²) in [5, 5.41) is 0. The van der Waals surface area contributed by atoms with Gasteiger partial charge in [0.2, 0.25) is 0 Å². The van der Waals surface area contributed by atoms with Gasteiger partial charge in [0.1, 0.15) is 5.78 Å². The normalized spacial score (nSPS) is 14.9. The van der Waals surface area contributed by atoms with Gasteiger partial charge < -0.3 is 0 Å². The van der Waals surface area contributed by atoms with E-state index in [4.69, 9.17) is 0 Å². The lowest BCUT2D eigenvalue weighted by atomic mass is 9.83. The molecule has 0 aliphatic carbocycles. The van der Waals surface area contributed by atoms with E-state index < -0.39 is 0 Å². The zero-order chi connectivity index (χ0) is 8.36. The molecular formula is C9H18O. The number of hydrogen-bond donors (Lipinski definition) is 0. The molecule has 0 radical (unpaired) electrons. The molecule has 1 atom stereocenters. The van der Waals surface area contributed by atoms with Gasteiger partial charge in [0.25, 0.3) is 0 Å². The number of hydrogen-bond acceptors (Lipinski definition) is 1. The number of Topliss-reactive ketones (excluding diaryl/α,β-unsaturated/α-hetero) is 1. The van der Waals surface area contributed by atoms with Crippen molar-refractivity contribution in [3.63, 3.8) is 0 Å². The van der Waals surface area contributed by atoms with Crippen LogP contribution < -0.4 is 0 Å². The average molecular weight is 142 g/mol. The molecule has 0 aliphatic heterocycles. The lowest BCUT2D eigenvalue weighted by Gasteiger charge is -2.20. The van der Waals surface area contributed by atoms with Crippen molar-refractivity contribution in [1.82, 2.24) is 0 Å². The standard InChI is InChI=1S/C9H18O/c1-6-7(2)8(10)9(3,4)5/h7H,6H2,1-5H3. The van der Waals surface area contributed by atoms with Gasteiger partial charge in [-0.05, 0) is 6.42 Å². The van der Waals surface area contributed by atoms with Crippen LogP contribution in [0.15, 0.2) is 0 Å². The fourth-order valence-electron chi connectivity index (χ4n) is 0.925. The molecule has 0 saturated heterocycles. The Labute approximate surface area is 63.8 Å². The minimum absolute atomic E-state index is 0.157. The summed E-state index contributed by atoms with van der Waals surface area (Å²) in [6, 6.07) is 0. The third kappa shape index (κ3) is 2.51. The van der Waals surface area contributed by atoms with Crippen molar-refractivity contribution in [2.75, 3.05) is 0 Å². The van der Waals surface area contributed by atoms with Crippen LogP contribution in [-0.4, -0.2) is 5.78 Å². The van der Waals surface area contributed by atoms with Crippen molar-refractivity contribution in [2.24, 2.45) is 11.3 Å². The number of carbonyl (C=O) groups excluding carboxylic acids is 1. The van der Waals surface area contributed by atoms with Crippen molar-refractivity contribution in [3.8, 4) is 0 Å². The van der Waals surface area contributed by atoms with E-state index in [2.05, 4.69) is 0 Å². The molecule has 0 fully saturated rings. The van der Waals surface area contributed by atoms with E-state index in [1.54, 1.807) is 0 Å². The van der Waals surface area contributed by atoms with Crippen molar-refractivity contribution in [1.29, 1.82) is 0 Å². The number of ketones is 1. The van der Waals surface area contributed by atoms with Crippen molar-refractivity contribution >= 4 is 5.78 Å². The Morgan fingerprint density at radius 1 is 1.40 bits per heavy atom. The summed E-state index contributed by atoms with van der Waals surface area (Å²) in [5.41, 5.74) is -0.157. The first-order valence-electron chi connectivity index (χ1n) is 3.94. The van der Waals surface area contributed by atoms with Gasteiger partial charge in [-0.3, -0.25) is 4.79 Å². The van der Waals surface area contributed by atoms with E-state index in [-0.39, 0.29) is 11.3 Å². The van der Waals surface area contributed by atoms with Gasteiger partial charge in [-0.1, -0.05) is 34.6 Å². The van der Waals surface area contributed by atoms with Crippen molar-refractivity contribution in [2.45, 2.75) is 41.0 Å². The Morgan fingerprint density at radius 2 is 1.80 bits per heavy atom. The molecule has 1 unspecified atom stereocenters. The maximum Gasteiger partial charge on any atom is 0.140 e. The molecule has 0 aromatic rings. The molecule has 0 aliphatic rings. The van der Waals surface area contributed by atoms with Crippen LogP contribution in [0.4, 0.5) is 0 Å². The summed E-state index contributed by atoms with van der Waals surface area (Å²) in [6.07, 6.45) is 0.954. The summed E-state index contributed by atoms with van der Waals surface area (Å²) >= 11 is 0. The fraction of sp³-hybridized carbons (Fsp3) is 0.889. The Kier molecular flexibility index (Phi) is 3.07. The zero-order valence-corrected chi connectivity index (χ0v) is 7.69. The Bertz CT molecular complexity index is 119. The van der Waals surface area contributed by atoms with Crippen LogP contribution in [0.2, 0.25) is 0 Å². The second-order valence-electron chi connectivity index (χ2n) is 3.92. The largest absolute Gasteiger partial charge is 0.299 e. The minimum Gasteiger partial charge on any atom is -0.299 e. The highest BCUT2D eigenvalue weighted by Gasteiger charge is 2.24. The monoisotopic (exact) mass is 142 g/mol. The molecule has 0 N–H and O–H groups in total. The molecule has 0 amide bonds. The highest BCUT2D eigenvalue weighted by molar-refractivity contribution is 5.85. The van der Waals surface area contributed by atoms with Gasteiger partial charge in [0, 0.05) is 11.3 Å². The van der Waals surface area contributed by atoms with Crippen LogP contribution in [0.25, 0.3) is 0 Å². The number of rotatable bonds is 2. The van der Waals surface area contributed by atoms with Gasteiger partial charge in [-0.25, -0.2) is 0 Å². The number of carbonyl (C=O) groups is 1. The van der Waals surface area contributed by atoms with Crippen LogP contribution in [0.3, 0.4) is 0 Å². The molecular weight excluding hydrogens is 124 g/mol. The first kappa shape index (κ1) is 9.67. The van der Waals surface area contributed by atoms with Gasteiger partial charge in [-0.2, -0.15) is 0 Å². The third-order valence-corrected chi connectivity index (χ3v) is 1.80. The zero-order valence-electron chi connectivity index (χ0n) is 7.69. The van der Waals surface area contributed by atoms with Crippen LogP contribution in [0.5, 0.6) is 0 Å². The first-order valence-corrected chi connectivity index (χ1v) is 3.94. The van der Waals surface area contributed by atoms with E-state index in [1.807, 2.05) is 34.6 Å². The maximum absolute atomic E-state index is 11.4. The highest BCUT2D eigenvalue weighted by Crippen LogP contribution is 2.21. The van der Waals surface area contributed by atoms with E-state index in [0.29, 0.717) is 5.78 Å². The predicted molar refractivity (Wildman–Crippen MR) is 43.9 cm³/mol. The Hall–Kier alpha value is -0.330. The van der Waals surface area contributed by atoms with Crippen LogP contribution in [0.1, 0.15) is 41.0 Å². The topological polar surface area (TPSA) is 17.1 Å². The lowest BCUT2D eigenvalue weighted by Crippen LogP contribution is -2.26. The van der Waals surface area contributed by atoms with Crippen molar-refractivity contribution in [3.05, 3.63) is 0 Å². The SMILES string of the molecule is CCC(C)C(=O)C(C)(C)C. The fourth-order valence-corrected chi connectivity index (χ4v) is 0.925. The van der Waals surface area contributed by atoms with Crippen LogP contribution >= 0.6 is 0 Å².